The van der Waals surface area contributed by atoms with Crippen molar-refractivity contribution in [1.29, 1.82) is 0 Å². The maximum atomic E-state index is 2.26. The topological polar surface area (TPSA) is 0 Å². The predicted octanol–water partition coefficient (Wildman–Crippen LogP) is 9.83. The molecule has 0 saturated carbocycles. The number of rotatable bonds is 5. The predicted molar refractivity (Wildman–Crippen MR) is 183 cm³/mol. The van der Waals surface area contributed by atoms with Gasteiger partial charge < -0.3 is 0 Å². The van der Waals surface area contributed by atoms with E-state index < -0.39 is 0 Å². The largest absolute Gasteiger partial charge is 2.00 e. The van der Waals surface area contributed by atoms with E-state index in [4.69, 9.17) is 0 Å². The van der Waals surface area contributed by atoms with E-state index in [-0.39, 0.29) is 21.7 Å². The summed E-state index contributed by atoms with van der Waals surface area (Å²) in [6, 6.07) is 55.8. The van der Waals surface area contributed by atoms with Gasteiger partial charge in [-0.2, -0.15) is 12.1 Å². The second-order valence-electron chi connectivity index (χ2n) is 10.4. The van der Waals surface area contributed by atoms with Crippen LogP contribution < -0.4 is 10.6 Å². The molecule has 0 heterocycles. The van der Waals surface area contributed by atoms with Crippen molar-refractivity contribution in [3.63, 3.8) is 0 Å². The van der Waals surface area contributed by atoms with Crippen molar-refractivity contribution < 1.29 is 21.7 Å². The fraction of sp³-hybridized carbons (Fsp3) is 0.100. The summed E-state index contributed by atoms with van der Waals surface area (Å²) in [5.74, 6) is 0. The molecule has 206 valence electrons. The number of aryl methyl sites for hydroxylation is 4. The minimum absolute atomic E-state index is 0. The third-order valence-electron chi connectivity index (χ3n) is 7.25. The molecule has 0 aliphatic rings. The Morgan fingerprint density at radius 3 is 1.76 bits per heavy atom. The summed E-state index contributed by atoms with van der Waals surface area (Å²) in [4.78, 5) is 0. The average molecular weight is 597 g/mol. The zero-order chi connectivity index (χ0) is 28.3. The zero-order valence-corrected chi connectivity index (χ0v) is 27.0. The van der Waals surface area contributed by atoms with Crippen LogP contribution >= 0.6 is 8.58 Å². The molecule has 0 aromatic heterocycles. The quantitative estimate of drug-likeness (QED) is 0.105. The molecule has 7 aromatic rings. The van der Waals surface area contributed by atoms with Crippen LogP contribution in [-0.4, -0.2) is 0 Å². The molecular formula is C40H37PTi. The first kappa shape index (κ1) is 31.4. The monoisotopic (exact) mass is 596 g/mol. The van der Waals surface area contributed by atoms with Gasteiger partial charge in [0.15, 0.2) is 0 Å². The first-order chi connectivity index (χ1) is 20.2. The Labute approximate surface area is 267 Å². The maximum Gasteiger partial charge on any atom is 2.00 e. The summed E-state index contributed by atoms with van der Waals surface area (Å²) >= 11 is 0. The van der Waals surface area contributed by atoms with Gasteiger partial charge in [-0.1, -0.05) is 104 Å². The van der Waals surface area contributed by atoms with Crippen LogP contribution in [0.5, 0.6) is 0 Å². The summed E-state index contributed by atoms with van der Waals surface area (Å²) in [6.45, 7) is 4.31. The van der Waals surface area contributed by atoms with Gasteiger partial charge in [0, 0.05) is 0 Å². The van der Waals surface area contributed by atoms with Gasteiger partial charge in [0.05, 0.1) is 0 Å². The van der Waals surface area contributed by atoms with E-state index in [0.29, 0.717) is 0 Å². The van der Waals surface area contributed by atoms with Crippen LogP contribution in [0.25, 0.3) is 21.5 Å². The van der Waals surface area contributed by atoms with Crippen LogP contribution in [0, 0.1) is 13.8 Å². The smallest absolute Gasteiger partial charge is 0.168 e. The van der Waals surface area contributed by atoms with Crippen molar-refractivity contribution in [2.45, 2.75) is 26.7 Å². The fourth-order valence-electron chi connectivity index (χ4n) is 5.00. The minimum Gasteiger partial charge on any atom is -0.168 e. The second kappa shape index (κ2) is 16.2. The van der Waals surface area contributed by atoms with Crippen molar-refractivity contribution in [1.82, 2.24) is 0 Å². The molecule has 0 aliphatic heterocycles. The standard InChI is InChI=1S/C16H14P.C14H14.C10H9.Ti/c1-12-6-2-5-9-15(12)17-16-11-10-13-7-3-4-8-14(13)16;1-3-7-13(8-4-1)11-12-14-9-5-2-6-10-14;1-8-6-9-4-2-3-5-10(9)7-8;/h2-11,17H,1H3;1-10H,11-12H2;2-7H,1H3;/q-1;;-1;+2. The van der Waals surface area contributed by atoms with Crippen LogP contribution in [0.15, 0.2) is 158 Å². The number of hydrogen-bond donors (Lipinski definition) is 0. The van der Waals surface area contributed by atoms with Crippen LogP contribution in [0.2, 0.25) is 0 Å². The Balaban J connectivity index is 0.000000148. The molecule has 0 amide bonds. The molecule has 0 radical (unpaired) electrons. The van der Waals surface area contributed by atoms with Gasteiger partial charge in [-0.15, -0.1) is 89.5 Å². The van der Waals surface area contributed by atoms with E-state index in [0.717, 1.165) is 21.4 Å². The van der Waals surface area contributed by atoms with E-state index in [9.17, 15) is 0 Å². The van der Waals surface area contributed by atoms with Gasteiger partial charge >= 0.3 is 21.7 Å². The Bertz CT molecular complexity index is 1700. The molecule has 0 fully saturated rings. The first-order valence-corrected chi connectivity index (χ1v) is 15.3. The van der Waals surface area contributed by atoms with E-state index in [1.807, 2.05) is 0 Å². The number of benzene rings is 5. The molecule has 0 N–H and O–H groups in total. The molecule has 0 saturated heterocycles. The summed E-state index contributed by atoms with van der Waals surface area (Å²) in [6.07, 6.45) is 2.26. The summed E-state index contributed by atoms with van der Waals surface area (Å²) in [5, 5.41) is 8.34. The molecule has 0 bridgehead atoms. The third-order valence-corrected chi connectivity index (χ3v) is 8.78. The zero-order valence-electron chi connectivity index (χ0n) is 24.4. The summed E-state index contributed by atoms with van der Waals surface area (Å²) in [7, 11) is 0.754. The Kier molecular flexibility index (Phi) is 12.1. The van der Waals surface area contributed by atoms with E-state index in [2.05, 4.69) is 172 Å². The molecule has 7 aromatic carbocycles. The van der Waals surface area contributed by atoms with Crippen LogP contribution in [-0.2, 0) is 34.6 Å². The average Bonchev–Trinajstić information content (AvgIpc) is 3.61. The number of fused-ring (bicyclic) bond motifs is 2. The molecule has 0 spiro atoms. The van der Waals surface area contributed by atoms with Crippen LogP contribution in [0.3, 0.4) is 0 Å². The van der Waals surface area contributed by atoms with E-state index in [1.165, 1.54) is 54.4 Å². The van der Waals surface area contributed by atoms with Gasteiger partial charge in [-0.3, -0.25) is 0 Å². The summed E-state index contributed by atoms with van der Waals surface area (Å²) < 4.78 is 0. The molecule has 1 atom stereocenters. The fourth-order valence-corrected chi connectivity index (χ4v) is 6.28. The molecule has 0 aliphatic carbocycles. The van der Waals surface area contributed by atoms with Gasteiger partial charge in [0.2, 0.25) is 0 Å². The van der Waals surface area contributed by atoms with Gasteiger partial charge in [0.25, 0.3) is 0 Å². The number of hydrogen-bond acceptors (Lipinski definition) is 0. The molecule has 42 heavy (non-hydrogen) atoms. The normalized spacial score (nSPS) is 10.5. The van der Waals surface area contributed by atoms with Crippen LogP contribution in [0.4, 0.5) is 0 Å². The SMILES string of the molecule is Cc1cc2ccccc2[cH-]1.Cc1ccccc1P[c-]1ccc2ccccc21.[Ti+2].c1ccc(CCc2ccccc2)cc1. The maximum absolute atomic E-state index is 2.26. The van der Waals surface area contributed by atoms with Crippen molar-refractivity contribution in [3.8, 4) is 0 Å². The van der Waals surface area contributed by atoms with Crippen molar-refractivity contribution in [2.75, 3.05) is 0 Å². The van der Waals surface area contributed by atoms with Gasteiger partial charge in [-0.05, 0) is 41.8 Å². The van der Waals surface area contributed by atoms with E-state index in [1.54, 1.807) is 0 Å². The van der Waals surface area contributed by atoms with Crippen molar-refractivity contribution in [3.05, 3.63) is 180 Å². The van der Waals surface area contributed by atoms with Crippen molar-refractivity contribution in [2.24, 2.45) is 0 Å². The molecule has 7 rings (SSSR count). The second-order valence-corrected chi connectivity index (χ2v) is 11.7. The van der Waals surface area contributed by atoms with Gasteiger partial charge in [0.1, 0.15) is 0 Å². The van der Waals surface area contributed by atoms with Crippen molar-refractivity contribution >= 4 is 40.7 Å². The Morgan fingerprint density at radius 1 is 0.571 bits per heavy atom. The third kappa shape index (κ3) is 8.98. The Morgan fingerprint density at radius 2 is 1.12 bits per heavy atom. The molecule has 2 heteroatoms. The first-order valence-electron chi connectivity index (χ1n) is 14.3. The molecule has 1 unspecified atom stereocenters. The molecule has 0 nitrogen and oxygen atoms in total. The van der Waals surface area contributed by atoms with Gasteiger partial charge in [-0.25, -0.2) is 0 Å². The minimum atomic E-state index is 0. The molecular weight excluding hydrogens is 559 g/mol. The van der Waals surface area contributed by atoms with E-state index >= 15 is 0 Å². The Hall–Kier alpha value is -3.54. The summed E-state index contributed by atoms with van der Waals surface area (Å²) in [5.41, 5.74) is 5.56. The van der Waals surface area contributed by atoms with Crippen LogP contribution in [0.1, 0.15) is 22.3 Å².